The summed E-state index contributed by atoms with van der Waals surface area (Å²) < 4.78 is 7.29. The van der Waals surface area contributed by atoms with E-state index < -0.39 is 0 Å². The van der Waals surface area contributed by atoms with Gasteiger partial charge in [0, 0.05) is 30.0 Å². The van der Waals surface area contributed by atoms with Crippen LogP contribution in [0.3, 0.4) is 0 Å². The zero-order valence-corrected chi connectivity index (χ0v) is 20.1. The van der Waals surface area contributed by atoms with Crippen molar-refractivity contribution in [2.24, 2.45) is 0 Å². The normalized spacial score (nSPS) is 12.3. The maximum absolute atomic E-state index is 12.6. The number of aryl methyl sites for hydroxylation is 5. The summed E-state index contributed by atoms with van der Waals surface area (Å²) in [5, 5.41) is 8.96. The van der Waals surface area contributed by atoms with Gasteiger partial charge in [0.25, 0.3) is 0 Å². The molecule has 0 fully saturated rings. The van der Waals surface area contributed by atoms with Crippen LogP contribution in [0.4, 0.5) is 0 Å². The van der Waals surface area contributed by atoms with Gasteiger partial charge in [0.1, 0.15) is 5.76 Å². The predicted molar refractivity (Wildman–Crippen MR) is 131 cm³/mol. The van der Waals surface area contributed by atoms with E-state index in [1.54, 1.807) is 6.26 Å². The first kappa shape index (κ1) is 22.8. The maximum Gasteiger partial charge on any atom is 0.220 e. The van der Waals surface area contributed by atoms with Crippen molar-refractivity contribution in [3.05, 3.63) is 76.5 Å². The van der Waals surface area contributed by atoms with Gasteiger partial charge in [-0.25, -0.2) is 9.67 Å². The minimum Gasteiger partial charge on any atom is -0.469 e. The van der Waals surface area contributed by atoms with E-state index in [9.17, 15) is 4.79 Å². The number of carbonyl (C=O) groups excluding carboxylic acids is 1. The summed E-state index contributed by atoms with van der Waals surface area (Å²) in [6.45, 7) is 10.3. The molecule has 172 valence electrons. The summed E-state index contributed by atoms with van der Waals surface area (Å²) >= 11 is 0. The Morgan fingerprint density at radius 1 is 1.06 bits per heavy atom. The van der Waals surface area contributed by atoms with Gasteiger partial charge in [-0.15, -0.1) is 0 Å². The smallest absolute Gasteiger partial charge is 0.220 e. The monoisotopic (exact) mass is 444 g/mol. The number of aromatic nitrogens is 3. The molecule has 0 aliphatic carbocycles. The second kappa shape index (κ2) is 9.61. The molecular formula is C27H32N4O2. The molecule has 1 N–H and O–H groups in total. The van der Waals surface area contributed by atoms with Crippen LogP contribution in [0, 0.1) is 27.7 Å². The molecule has 0 bridgehead atoms. The molecule has 1 atom stereocenters. The van der Waals surface area contributed by atoms with Gasteiger partial charge in [0.05, 0.1) is 17.6 Å². The van der Waals surface area contributed by atoms with Crippen LogP contribution < -0.4 is 5.32 Å². The zero-order chi connectivity index (χ0) is 23.5. The number of fused-ring (bicyclic) bond motifs is 1. The Kier molecular flexibility index (Phi) is 6.63. The number of benzene rings is 1. The van der Waals surface area contributed by atoms with Crippen molar-refractivity contribution in [3.63, 3.8) is 0 Å². The van der Waals surface area contributed by atoms with Gasteiger partial charge >= 0.3 is 0 Å². The molecule has 0 unspecified atom stereocenters. The molecule has 3 aromatic heterocycles. The SMILES string of the molecule is Cc1ccc(-n2nc(C)c3c(C)c(CCC(=O)N[C@@H](C)CCc4ccco4)c(C)nc32)cc1. The first-order chi connectivity index (χ1) is 15.8. The fourth-order valence-corrected chi connectivity index (χ4v) is 4.41. The summed E-state index contributed by atoms with van der Waals surface area (Å²) in [5.74, 6) is 1.01. The Hall–Kier alpha value is -3.41. The number of hydrogen-bond donors (Lipinski definition) is 1. The molecule has 1 amide bonds. The van der Waals surface area contributed by atoms with Crippen molar-refractivity contribution in [1.82, 2.24) is 20.1 Å². The first-order valence-corrected chi connectivity index (χ1v) is 11.6. The summed E-state index contributed by atoms with van der Waals surface area (Å²) in [5.41, 5.74) is 7.27. The van der Waals surface area contributed by atoms with Crippen LogP contribution in [0.25, 0.3) is 16.7 Å². The van der Waals surface area contributed by atoms with Crippen LogP contribution in [-0.4, -0.2) is 26.7 Å². The summed E-state index contributed by atoms with van der Waals surface area (Å²) in [7, 11) is 0. The van der Waals surface area contributed by atoms with Crippen LogP contribution in [0.5, 0.6) is 0 Å². The molecule has 3 heterocycles. The summed E-state index contributed by atoms with van der Waals surface area (Å²) in [6, 6.07) is 12.3. The Bertz CT molecular complexity index is 1250. The van der Waals surface area contributed by atoms with E-state index in [-0.39, 0.29) is 11.9 Å². The number of hydrogen-bond acceptors (Lipinski definition) is 4. The average molecular weight is 445 g/mol. The Labute approximate surface area is 195 Å². The first-order valence-electron chi connectivity index (χ1n) is 11.6. The lowest BCUT2D eigenvalue weighted by Crippen LogP contribution is -2.33. The largest absolute Gasteiger partial charge is 0.469 e. The van der Waals surface area contributed by atoms with Crippen molar-refractivity contribution in [2.45, 2.75) is 66.3 Å². The quantitative estimate of drug-likeness (QED) is 0.399. The van der Waals surface area contributed by atoms with E-state index >= 15 is 0 Å². The molecule has 4 rings (SSSR count). The minimum absolute atomic E-state index is 0.0629. The number of carbonyl (C=O) groups is 1. The lowest BCUT2D eigenvalue weighted by molar-refractivity contribution is -0.121. The third-order valence-electron chi connectivity index (χ3n) is 6.27. The van der Waals surface area contributed by atoms with Crippen molar-refractivity contribution in [3.8, 4) is 5.69 Å². The minimum atomic E-state index is 0.0629. The Morgan fingerprint density at radius 2 is 1.82 bits per heavy atom. The van der Waals surface area contributed by atoms with Crippen molar-refractivity contribution < 1.29 is 9.21 Å². The molecule has 1 aromatic carbocycles. The third-order valence-corrected chi connectivity index (χ3v) is 6.27. The van der Waals surface area contributed by atoms with E-state index in [4.69, 9.17) is 14.5 Å². The number of nitrogens with one attached hydrogen (secondary N) is 1. The van der Waals surface area contributed by atoms with Crippen LogP contribution in [-0.2, 0) is 17.6 Å². The highest BCUT2D eigenvalue weighted by Gasteiger charge is 2.18. The highest BCUT2D eigenvalue weighted by molar-refractivity contribution is 5.85. The lowest BCUT2D eigenvalue weighted by Gasteiger charge is -2.15. The number of amides is 1. The van der Waals surface area contributed by atoms with Gasteiger partial charge < -0.3 is 9.73 Å². The summed E-state index contributed by atoms with van der Waals surface area (Å²) in [4.78, 5) is 17.5. The van der Waals surface area contributed by atoms with Gasteiger partial charge in [-0.1, -0.05) is 17.7 Å². The van der Waals surface area contributed by atoms with Crippen molar-refractivity contribution in [2.75, 3.05) is 0 Å². The van der Waals surface area contributed by atoms with Crippen LogP contribution >= 0.6 is 0 Å². The van der Waals surface area contributed by atoms with Gasteiger partial charge in [-0.2, -0.15) is 5.10 Å². The molecule has 0 spiro atoms. The molecule has 33 heavy (non-hydrogen) atoms. The standard InChI is InChI=1S/C27H32N4O2/c1-17-8-11-22(12-9-17)31-27-26(21(5)30-31)19(3)24(20(4)29-27)14-15-25(32)28-18(2)10-13-23-7-6-16-33-23/h6-9,11-12,16,18H,10,13-15H2,1-5H3,(H,28,32)/t18-/m0/s1. The maximum atomic E-state index is 12.6. The van der Waals surface area contributed by atoms with Gasteiger partial charge in [0.15, 0.2) is 5.65 Å². The fraction of sp³-hybridized carbons (Fsp3) is 0.370. The van der Waals surface area contributed by atoms with Gasteiger partial charge in [-0.3, -0.25) is 4.79 Å². The molecule has 4 aromatic rings. The Morgan fingerprint density at radius 3 is 2.52 bits per heavy atom. The van der Waals surface area contributed by atoms with Crippen molar-refractivity contribution >= 4 is 16.9 Å². The highest BCUT2D eigenvalue weighted by Crippen LogP contribution is 2.28. The molecular weight excluding hydrogens is 412 g/mol. The number of furan rings is 1. The van der Waals surface area contributed by atoms with Crippen molar-refractivity contribution in [1.29, 1.82) is 0 Å². The second-order valence-electron chi connectivity index (χ2n) is 8.92. The number of nitrogens with zero attached hydrogens (tertiary/aromatic N) is 3. The summed E-state index contributed by atoms with van der Waals surface area (Å²) in [6.07, 6.45) is 4.44. The number of rotatable bonds is 8. The average Bonchev–Trinajstić information content (AvgIpc) is 3.40. The molecule has 0 saturated carbocycles. The molecule has 6 heteroatoms. The van der Waals surface area contributed by atoms with E-state index in [2.05, 4.69) is 43.4 Å². The lowest BCUT2D eigenvalue weighted by atomic mass is 9.99. The van der Waals surface area contributed by atoms with E-state index in [0.29, 0.717) is 12.8 Å². The zero-order valence-electron chi connectivity index (χ0n) is 20.1. The van der Waals surface area contributed by atoms with Crippen LogP contribution in [0.15, 0.2) is 47.1 Å². The van der Waals surface area contributed by atoms with Crippen LogP contribution in [0.2, 0.25) is 0 Å². The van der Waals surface area contributed by atoms with E-state index in [1.807, 2.05) is 37.6 Å². The second-order valence-corrected chi connectivity index (χ2v) is 8.92. The van der Waals surface area contributed by atoms with Crippen LogP contribution in [0.1, 0.15) is 53.6 Å². The highest BCUT2D eigenvalue weighted by atomic mass is 16.3. The molecule has 0 aliphatic rings. The molecule has 0 aliphatic heterocycles. The number of pyridine rings is 1. The third kappa shape index (κ3) is 5.00. The molecule has 6 nitrogen and oxygen atoms in total. The molecule has 0 radical (unpaired) electrons. The van der Waals surface area contributed by atoms with Gasteiger partial charge in [-0.05, 0) is 82.9 Å². The fourth-order valence-electron chi connectivity index (χ4n) is 4.41. The van der Waals surface area contributed by atoms with E-state index in [0.717, 1.165) is 57.8 Å². The topological polar surface area (TPSA) is 73.0 Å². The Balaban J connectivity index is 1.47. The van der Waals surface area contributed by atoms with Gasteiger partial charge in [0.2, 0.25) is 5.91 Å². The predicted octanol–water partition coefficient (Wildman–Crippen LogP) is 5.32. The van der Waals surface area contributed by atoms with E-state index in [1.165, 1.54) is 5.56 Å². The molecule has 0 saturated heterocycles.